The number of halogens is 1. The number of nitrogens with one attached hydrogen (secondary N) is 1. The van der Waals surface area contributed by atoms with Crippen LogP contribution in [0.1, 0.15) is 31.9 Å². The predicted molar refractivity (Wildman–Crippen MR) is 80.7 cm³/mol. The van der Waals surface area contributed by atoms with E-state index in [2.05, 4.69) is 5.32 Å². The summed E-state index contributed by atoms with van der Waals surface area (Å²) in [6, 6.07) is 5.07. The number of benzene rings is 1. The first kappa shape index (κ1) is 17.3. The first-order valence-corrected chi connectivity index (χ1v) is 7.01. The molecule has 0 saturated heterocycles. The van der Waals surface area contributed by atoms with E-state index in [0.29, 0.717) is 23.6 Å². The van der Waals surface area contributed by atoms with Gasteiger partial charge in [-0.25, -0.2) is 4.79 Å². The third-order valence-corrected chi connectivity index (χ3v) is 2.81. The van der Waals surface area contributed by atoms with Crippen molar-refractivity contribution in [2.75, 3.05) is 6.54 Å². The average Bonchev–Trinajstić information content (AvgIpc) is 2.29. The maximum atomic E-state index is 11.5. The number of amides is 1. The monoisotopic (exact) mass is 313 g/mol. The topological polar surface area (TPSA) is 75.6 Å². The zero-order chi connectivity index (χ0) is 16.0. The van der Waals surface area contributed by atoms with Crippen LogP contribution in [0.25, 0.3) is 0 Å². The minimum absolute atomic E-state index is 0.0705. The lowest BCUT2D eigenvalue weighted by Gasteiger charge is -2.19. The Balaban J connectivity index is 2.60. The van der Waals surface area contributed by atoms with Gasteiger partial charge in [0.1, 0.15) is 5.60 Å². The lowest BCUT2D eigenvalue weighted by Crippen LogP contribution is -2.33. The molecule has 1 rings (SSSR count). The number of hydrogen-bond acceptors (Lipinski definition) is 3. The highest BCUT2D eigenvalue weighted by atomic mass is 35.5. The smallest absolute Gasteiger partial charge is 0.407 e. The fraction of sp³-hybridized carbons (Fsp3) is 0.467. The fourth-order valence-corrected chi connectivity index (χ4v) is 1.97. The van der Waals surface area contributed by atoms with Crippen molar-refractivity contribution in [1.29, 1.82) is 0 Å². The molecule has 0 saturated carbocycles. The number of carboxylic acids is 1. The molecule has 0 aliphatic heterocycles. The van der Waals surface area contributed by atoms with Gasteiger partial charge in [-0.15, -0.1) is 0 Å². The highest BCUT2D eigenvalue weighted by Gasteiger charge is 2.15. The third kappa shape index (κ3) is 6.99. The Labute approximate surface area is 129 Å². The number of ether oxygens (including phenoxy) is 1. The molecule has 0 aliphatic rings. The van der Waals surface area contributed by atoms with Crippen molar-refractivity contribution in [2.24, 2.45) is 0 Å². The van der Waals surface area contributed by atoms with Crippen molar-refractivity contribution in [3.05, 3.63) is 34.3 Å². The van der Waals surface area contributed by atoms with Gasteiger partial charge in [-0.1, -0.05) is 17.7 Å². The standard InChI is InChI=1S/C15H20ClNO4/c1-15(2,3)21-14(20)17-7-6-11-8-12(16)5-4-10(11)9-13(18)19/h4-5,8H,6-7,9H2,1-3H3,(H,17,20)(H,18,19). The van der Waals surface area contributed by atoms with Crippen LogP contribution in [0.4, 0.5) is 4.79 Å². The Morgan fingerprint density at radius 3 is 2.52 bits per heavy atom. The van der Waals surface area contributed by atoms with Crippen molar-refractivity contribution in [1.82, 2.24) is 5.32 Å². The molecule has 0 spiro atoms. The largest absolute Gasteiger partial charge is 0.481 e. The van der Waals surface area contributed by atoms with Gasteiger partial charge in [-0.2, -0.15) is 0 Å². The van der Waals surface area contributed by atoms with Crippen molar-refractivity contribution in [3.63, 3.8) is 0 Å². The summed E-state index contributed by atoms with van der Waals surface area (Å²) in [4.78, 5) is 22.3. The van der Waals surface area contributed by atoms with E-state index in [1.54, 1.807) is 39.0 Å². The summed E-state index contributed by atoms with van der Waals surface area (Å²) in [6.07, 6.45) is -0.0780. The van der Waals surface area contributed by atoms with Crippen molar-refractivity contribution in [3.8, 4) is 0 Å². The van der Waals surface area contributed by atoms with Crippen LogP contribution < -0.4 is 5.32 Å². The number of aliphatic carboxylic acids is 1. The fourth-order valence-electron chi connectivity index (χ4n) is 1.78. The summed E-state index contributed by atoms with van der Waals surface area (Å²) in [7, 11) is 0. The normalized spacial score (nSPS) is 11.0. The highest BCUT2D eigenvalue weighted by Crippen LogP contribution is 2.17. The van der Waals surface area contributed by atoms with E-state index in [-0.39, 0.29) is 6.42 Å². The summed E-state index contributed by atoms with van der Waals surface area (Å²) >= 11 is 5.92. The second-order valence-electron chi connectivity index (χ2n) is 5.66. The molecule has 1 aromatic rings. The summed E-state index contributed by atoms with van der Waals surface area (Å²) in [5.41, 5.74) is 0.952. The molecule has 5 nitrogen and oxygen atoms in total. The lowest BCUT2D eigenvalue weighted by molar-refractivity contribution is -0.136. The Kier molecular flexibility index (Phi) is 6.03. The molecule has 2 N–H and O–H groups in total. The minimum atomic E-state index is -0.904. The average molecular weight is 314 g/mol. The molecule has 0 radical (unpaired) electrons. The molecule has 116 valence electrons. The summed E-state index contributed by atoms with van der Waals surface area (Å²) in [5.74, 6) is -0.904. The maximum Gasteiger partial charge on any atom is 0.407 e. The van der Waals surface area contributed by atoms with E-state index in [0.717, 1.165) is 5.56 Å². The maximum absolute atomic E-state index is 11.5. The number of alkyl carbamates (subject to hydrolysis) is 1. The first-order valence-electron chi connectivity index (χ1n) is 6.63. The van der Waals surface area contributed by atoms with E-state index >= 15 is 0 Å². The van der Waals surface area contributed by atoms with Crippen molar-refractivity contribution in [2.45, 2.75) is 39.2 Å². The number of carbonyl (C=O) groups is 2. The first-order chi connectivity index (χ1) is 9.67. The quantitative estimate of drug-likeness (QED) is 0.876. The van der Waals surface area contributed by atoms with E-state index in [4.69, 9.17) is 21.4 Å². The molecule has 0 heterocycles. The SMILES string of the molecule is CC(C)(C)OC(=O)NCCc1cc(Cl)ccc1CC(=O)O. The van der Waals surface area contributed by atoms with E-state index in [1.807, 2.05) is 0 Å². The van der Waals surface area contributed by atoms with Gasteiger partial charge in [0.15, 0.2) is 0 Å². The second-order valence-corrected chi connectivity index (χ2v) is 6.10. The number of carbonyl (C=O) groups excluding carboxylic acids is 1. The van der Waals surface area contributed by atoms with Gasteiger partial charge in [0, 0.05) is 11.6 Å². The molecule has 0 fully saturated rings. The number of carboxylic acid groups (broad SMARTS) is 1. The number of rotatable bonds is 5. The van der Waals surface area contributed by atoms with Crippen LogP contribution in [0.5, 0.6) is 0 Å². The van der Waals surface area contributed by atoms with Crippen LogP contribution in [0.3, 0.4) is 0 Å². The molecular formula is C15H20ClNO4. The van der Waals surface area contributed by atoms with E-state index < -0.39 is 17.7 Å². The zero-order valence-corrected chi connectivity index (χ0v) is 13.2. The van der Waals surface area contributed by atoms with Gasteiger partial charge in [0.25, 0.3) is 0 Å². The van der Waals surface area contributed by atoms with Crippen LogP contribution >= 0.6 is 11.6 Å². The van der Waals surface area contributed by atoms with Crippen molar-refractivity contribution >= 4 is 23.7 Å². The van der Waals surface area contributed by atoms with Crippen molar-refractivity contribution < 1.29 is 19.4 Å². The van der Waals surface area contributed by atoms with Gasteiger partial charge in [-0.05, 0) is 50.5 Å². The summed E-state index contributed by atoms with van der Waals surface area (Å²) in [6.45, 7) is 5.71. The van der Waals surface area contributed by atoms with E-state index in [1.165, 1.54) is 0 Å². The number of hydrogen-bond donors (Lipinski definition) is 2. The molecule has 1 amide bonds. The molecule has 21 heavy (non-hydrogen) atoms. The summed E-state index contributed by atoms with van der Waals surface area (Å²) in [5, 5.41) is 12.1. The molecule has 0 atom stereocenters. The van der Waals surface area contributed by atoms with Crippen LogP contribution in [0, 0.1) is 0 Å². The summed E-state index contributed by atoms with van der Waals surface area (Å²) < 4.78 is 5.12. The third-order valence-electron chi connectivity index (χ3n) is 2.57. The van der Waals surface area contributed by atoms with E-state index in [9.17, 15) is 9.59 Å². The lowest BCUT2D eigenvalue weighted by atomic mass is 10.0. The Bertz CT molecular complexity index is 523. The van der Waals surface area contributed by atoms with Gasteiger partial charge in [0.2, 0.25) is 0 Å². The zero-order valence-electron chi connectivity index (χ0n) is 12.4. The molecule has 0 aliphatic carbocycles. The molecule has 1 aromatic carbocycles. The molecule has 6 heteroatoms. The van der Waals surface area contributed by atoms with Gasteiger partial charge in [-0.3, -0.25) is 4.79 Å². The van der Waals surface area contributed by atoms with Gasteiger partial charge >= 0.3 is 12.1 Å². The molecule has 0 bridgehead atoms. The molecule has 0 aromatic heterocycles. The molecular weight excluding hydrogens is 294 g/mol. The van der Waals surface area contributed by atoms with Gasteiger partial charge < -0.3 is 15.2 Å². The van der Waals surface area contributed by atoms with Gasteiger partial charge in [0.05, 0.1) is 6.42 Å². The Morgan fingerprint density at radius 2 is 1.95 bits per heavy atom. The minimum Gasteiger partial charge on any atom is -0.481 e. The van der Waals surface area contributed by atoms with Crippen LogP contribution in [-0.4, -0.2) is 29.3 Å². The van der Waals surface area contributed by atoms with Crippen LogP contribution in [0.2, 0.25) is 5.02 Å². The van der Waals surface area contributed by atoms with Crippen LogP contribution in [-0.2, 0) is 22.4 Å². The molecule has 0 unspecified atom stereocenters. The Hall–Kier alpha value is -1.75. The predicted octanol–water partition coefficient (Wildman–Crippen LogP) is 3.03. The van der Waals surface area contributed by atoms with Crippen LogP contribution in [0.15, 0.2) is 18.2 Å². The Morgan fingerprint density at radius 1 is 1.29 bits per heavy atom. The second kappa shape index (κ2) is 7.31. The highest BCUT2D eigenvalue weighted by molar-refractivity contribution is 6.30.